The van der Waals surface area contributed by atoms with E-state index in [4.69, 9.17) is 4.74 Å². The number of rotatable bonds is 7. The summed E-state index contributed by atoms with van der Waals surface area (Å²) in [5.41, 5.74) is 1.98. The van der Waals surface area contributed by atoms with Gasteiger partial charge in [0.1, 0.15) is 5.75 Å². The topological polar surface area (TPSA) is 84.4 Å². The lowest BCUT2D eigenvalue weighted by atomic mass is 10.0. The highest BCUT2D eigenvalue weighted by Gasteiger charge is 2.33. The first kappa shape index (κ1) is 22.2. The second kappa shape index (κ2) is 10.1. The van der Waals surface area contributed by atoms with E-state index < -0.39 is 0 Å². The van der Waals surface area contributed by atoms with Gasteiger partial charge < -0.3 is 15.0 Å². The van der Waals surface area contributed by atoms with Crippen LogP contribution in [0.4, 0.5) is 0 Å². The molecule has 32 heavy (non-hydrogen) atoms. The van der Waals surface area contributed by atoms with Crippen LogP contribution in [0.1, 0.15) is 78.4 Å². The molecule has 1 N–H and O–H groups in total. The number of para-hydroxylation sites is 1. The van der Waals surface area contributed by atoms with E-state index in [9.17, 15) is 9.59 Å². The van der Waals surface area contributed by atoms with Gasteiger partial charge in [-0.1, -0.05) is 31.0 Å². The Morgan fingerprint density at radius 1 is 1.16 bits per heavy atom. The summed E-state index contributed by atoms with van der Waals surface area (Å²) in [5.74, 6) is 1.90. The number of amides is 2. The summed E-state index contributed by atoms with van der Waals surface area (Å²) in [4.78, 5) is 36.8. The minimum atomic E-state index is -0.222. The van der Waals surface area contributed by atoms with Gasteiger partial charge in [-0.2, -0.15) is 0 Å². The van der Waals surface area contributed by atoms with E-state index in [0.29, 0.717) is 36.0 Å². The molecule has 4 rings (SSSR count). The maximum absolute atomic E-state index is 12.9. The van der Waals surface area contributed by atoms with Crippen molar-refractivity contribution in [1.82, 2.24) is 20.2 Å². The number of ether oxygens (including phenoxy) is 1. The largest absolute Gasteiger partial charge is 0.496 e. The molecule has 2 fully saturated rings. The lowest BCUT2D eigenvalue weighted by molar-refractivity contribution is -0.133. The van der Waals surface area contributed by atoms with Gasteiger partial charge in [0.2, 0.25) is 5.91 Å². The number of carbonyl (C=O) groups excluding carboxylic acids is 2. The normalized spacial score (nSPS) is 18.7. The standard InChI is InChI=1S/C25H32N4O3/c1-17-20(25(31)27-15-19-10-5-6-12-22(19)32-2)16-26-24(28-17)21-11-7-13-29(21)23(30)14-18-8-3-4-9-18/h5-6,10,12,16,18,21H,3-4,7-9,11,13-15H2,1-2H3,(H,27,31)/t21-/m1/s1. The Bertz CT molecular complexity index is 971. The number of aryl methyl sites for hydroxylation is 1. The Morgan fingerprint density at radius 3 is 2.69 bits per heavy atom. The van der Waals surface area contributed by atoms with Crippen LogP contribution in [0.2, 0.25) is 0 Å². The van der Waals surface area contributed by atoms with Gasteiger partial charge in [-0.25, -0.2) is 9.97 Å². The van der Waals surface area contributed by atoms with Crippen LogP contribution in [0.3, 0.4) is 0 Å². The molecule has 1 saturated heterocycles. The highest BCUT2D eigenvalue weighted by atomic mass is 16.5. The van der Waals surface area contributed by atoms with Crippen LogP contribution in [-0.2, 0) is 11.3 Å². The van der Waals surface area contributed by atoms with E-state index in [0.717, 1.165) is 30.7 Å². The maximum Gasteiger partial charge on any atom is 0.254 e. The summed E-state index contributed by atoms with van der Waals surface area (Å²) in [6, 6.07) is 7.50. The van der Waals surface area contributed by atoms with Crippen LogP contribution in [-0.4, -0.2) is 40.3 Å². The van der Waals surface area contributed by atoms with Crippen LogP contribution >= 0.6 is 0 Å². The third-order valence-corrected chi connectivity index (χ3v) is 6.68. The molecule has 2 amide bonds. The third-order valence-electron chi connectivity index (χ3n) is 6.68. The summed E-state index contributed by atoms with van der Waals surface area (Å²) < 4.78 is 5.34. The molecule has 170 valence electrons. The summed E-state index contributed by atoms with van der Waals surface area (Å²) in [6.07, 6.45) is 8.87. The SMILES string of the molecule is COc1ccccc1CNC(=O)c1cnc([C@H]2CCCN2C(=O)CC2CCCC2)nc1C. The molecule has 7 nitrogen and oxygen atoms in total. The van der Waals surface area contributed by atoms with Gasteiger partial charge in [0.15, 0.2) is 5.82 Å². The fourth-order valence-electron chi connectivity index (χ4n) is 4.90. The van der Waals surface area contributed by atoms with E-state index in [-0.39, 0.29) is 17.9 Å². The molecule has 0 spiro atoms. The Kier molecular flexibility index (Phi) is 7.02. The molecule has 0 unspecified atom stereocenters. The molecular formula is C25H32N4O3. The fraction of sp³-hybridized carbons (Fsp3) is 0.520. The molecule has 7 heteroatoms. The molecular weight excluding hydrogens is 404 g/mol. The van der Waals surface area contributed by atoms with Crippen molar-refractivity contribution in [2.45, 2.75) is 64.5 Å². The molecule has 1 aromatic heterocycles. The first-order valence-electron chi connectivity index (χ1n) is 11.6. The zero-order valence-electron chi connectivity index (χ0n) is 19.0. The first-order chi connectivity index (χ1) is 15.6. The second-order valence-electron chi connectivity index (χ2n) is 8.82. The van der Waals surface area contributed by atoms with Crippen LogP contribution < -0.4 is 10.1 Å². The van der Waals surface area contributed by atoms with Crippen molar-refractivity contribution in [3.63, 3.8) is 0 Å². The van der Waals surface area contributed by atoms with Gasteiger partial charge in [-0.05, 0) is 44.6 Å². The van der Waals surface area contributed by atoms with Gasteiger partial charge >= 0.3 is 0 Å². The lowest BCUT2D eigenvalue weighted by Gasteiger charge is -2.25. The maximum atomic E-state index is 12.9. The van der Waals surface area contributed by atoms with Crippen molar-refractivity contribution < 1.29 is 14.3 Å². The number of hydrogen-bond donors (Lipinski definition) is 1. The van der Waals surface area contributed by atoms with Crippen molar-refractivity contribution in [3.8, 4) is 5.75 Å². The van der Waals surface area contributed by atoms with Crippen LogP contribution in [0.25, 0.3) is 0 Å². The van der Waals surface area contributed by atoms with Crippen molar-refractivity contribution in [2.75, 3.05) is 13.7 Å². The quantitative estimate of drug-likeness (QED) is 0.710. The van der Waals surface area contributed by atoms with E-state index >= 15 is 0 Å². The van der Waals surface area contributed by atoms with Crippen LogP contribution in [0.15, 0.2) is 30.5 Å². The number of aromatic nitrogens is 2. The molecule has 2 aromatic rings. The zero-order chi connectivity index (χ0) is 22.5. The summed E-state index contributed by atoms with van der Waals surface area (Å²) in [6.45, 7) is 2.94. The molecule has 1 atom stereocenters. The van der Waals surface area contributed by atoms with Gasteiger partial charge in [0.05, 0.1) is 24.4 Å². The number of nitrogens with zero attached hydrogens (tertiary/aromatic N) is 3. The average molecular weight is 437 g/mol. The molecule has 2 aliphatic rings. The predicted octanol–water partition coefficient (Wildman–Crippen LogP) is 3.97. The molecule has 2 heterocycles. The molecule has 1 aliphatic carbocycles. The molecule has 1 aliphatic heterocycles. The Hall–Kier alpha value is -2.96. The van der Waals surface area contributed by atoms with Gasteiger partial charge in [0, 0.05) is 31.3 Å². The summed E-state index contributed by atoms with van der Waals surface area (Å²) in [5, 5.41) is 2.92. The fourth-order valence-corrected chi connectivity index (χ4v) is 4.90. The molecule has 1 aromatic carbocycles. The molecule has 1 saturated carbocycles. The van der Waals surface area contributed by atoms with Crippen LogP contribution in [0, 0.1) is 12.8 Å². The number of carbonyl (C=O) groups is 2. The average Bonchev–Trinajstić information content (AvgIpc) is 3.49. The lowest BCUT2D eigenvalue weighted by Crippen LogP contribution is -2.33. The van der Waals surface area contributed by atoms with E-state index in [1.54, 1.807) is 13.3 Å². The highest BCUT2D eigenvalue weighted by Crippen LogP contribution is 2.34. The van der Waals surface area contributed by atoms with E-state index in [1.165, 1.54) is 25.7 Å². The minimum Gasteiger partial charge on any atom is -0.496 e. The van der Waals surface area contributed by atoms with Crippen molar-refractivity contribution >= 4 is 11.8 Å². The van der Waals surface area contributed by atoms with Gasteiger partial charge in [-0.3, -0.25) is 9.59 Å². The Morgan fingerprint density at radius 2 is 1.94 bits per heavy atom. The zero-order valence-corrected chi connectivity index (χ0v) is 19.0. The second-order valence-corrected chi connectivity index (χ2v) is 8.82. The highest BCUT2D eigenvalue weighted by molar-refractivity contribution is 5.94. The minimum absolute atomic E-state index is 0.0895. The van der Waals surface area contributed by atoms with Gasteiger partial charge in [0.25, 0.3) is 5.91 Å². The van der Waals surface area contributed by atoms with Gasteiger partial charge in [-0.15, -0.1) is 0 Å². The summed E-state index contributed by atoms with van der Waals surface area (Å²) in [7, 11) is 1.61. The van der Waals surface area contributed by atoms with E-state index in [2.05, 4.69) is 15.3 Å². The Balaban J connectivity index is 1.41. The van der Waals surface area contributed by atoms with Crippen molar-refractivity contribution in [2.24, 2.45) is 5.92 Å². The first-order valence-corrected chi connectivity index (χ1v) is 11.6. The Labute approximate surface area is 189 Å². The monoisotopic (exact) mass is 436 g/mol. The number of nitrogens with one attached hydrogen (secondary N) is 1. The number of methoxy groups -OCH3 is 1. The summed E-state index contributed by atoms with van der Waals surface area (Å²) >= 11 is 0. The third kappa shape index (κ3) is 4.92. The predicted molar refractivity (Wildman–Crippen MR) is 121 cm³/mol. The number of likely N-dealkylation sites (tertiary alicyclic amines) is 1. The van der Waals surface area contributed by atoms with Crippen LogP contribution in [0.5, 0.6) is 5.75 Å². The van der Waals surface area contributed by atoms with Crippen molar-refractivity contribution in [3.05, 3.63) is 53.1 Å². The number of hydrogen-bond acceptors (Lipinski definition) is 5. The van der Waals surface area contributed by atoms with Crippen molar-refractivity contribution in [1.29, 1.82) is 0 Å². The number of benzene rings is 1. The molecule has 0 radical (unpaired) electrons. The molecule has 0 bridgehead atoms. The smallest absolute Gasteiger partial charge is 0.254 e. The van der Waals surface area contributed by atoms with E-state index in [1.807, 2.05) is 36.1 Å².